The van der Waals surface area contributed by atoms with Gasteiger partial charge in [0.05, 0.1) is 12.2 Å². The Kier molecular flexibility index (Phi) is 4.40. The summed E-state index contributed by atoms with van der Waals surface area (Å²) in [4.78, 5) is 11.0. The second kappa shape index (κ2) is 7.35. The predicted molar refractivity (Wildman–Crippen MR) is 107 cm³/mol. The summed E-state index contributed by atoms with van der Waals surface area (Å²) in [6, 6.07) is 17.8. The predicted octanol–water partition coefficient (Wildman–Crippen LogP) is 3.65. The quantitative estimate of drug-likeness (QED) is 0.531. The molecule has 0 spiro atoms. The molecule has 0 saturated carbocycles. The first-order valence-electron chi connectivity index (χ1n) is 9.40. The summed E-state index contributed by atoms with van der Waals surface area (Å²) in [7, 11) is 1.96. The number of ether oxygens (including phenoxy) is 1. The number of hydrogen-bond acceptors (Lipinski definition) is 7. The SMILES string of the molecule is CN(Cc1nnc(-c2ccccc2)o1)c1ncnc2c1Cc1ccccc1OC2. The lowest BCUT2D eigenvalue weighted by molar-refractivity contribution is 0.302. The van der Waals surface area contributed by atoms with E-state index < -0.39 is 0 Å². The number of fused-ring (bicyclic) bond motifs is 2. The van der Waals surface area contributed by atoms with Gasteiger partial charge in [-0.2, -0.15) is 0 Å². The van der Waals surface area contributed by atoms with Crippen molar-refractivity contribution in [2.24, 2.45) is 0 Å². The van der Waals surface area contributed by atoms with E-state index >= 15 is 0 Å². The lowest BCUT2D eigenvalue weighted by Crippen LogP contribution is -2.21. The molecule has 29 heavy (non-hydrogen) atoms. The zero-order valence-electron chi connectivity index (χ0n) is 15.9. The largest absolute Gasteiger partial charge is 0.487 e. The van der Waals surface area contributed by atoms with Crippen molar-refractivity contribution in [1.82, 2.24) is 20.2 Å². The number of aromatic nitrogens is 4. The van der Waals surface area contributed by atoms with Crippen molar-refractivity contribution in [1.29, 1.82) is 0 Å². The van der Waals surface area contributed by atoms with Crippen molar-refractivity contribution in [3.05, 3.63) is 83.6 Å². The highest BCUT2D eigenvalue weighted by Crippen LogP contribution is 2.31. The molecule has 2 aromatic carbocycles. The van der Waals surface area contributed by atoms with Gasteiger partial charge in [0.15, 0.2) is 0 Å². The molecule has 0 radical (unpaired) electrons. The van der Waals surface area contributed by atoms with E-state index in [-0.39, 0.29) is 0 Å². The minimum atomic E-state index is 0.425. The third-order valence-electron chi connectivity index (χ3n) is 4.94. The van der Waals surface area contributed by atoms with Crippen LogP contribution in [0.3, 0.4) is 0 Å². The summed E-state index contributed by atoms with van der Waals surface area (Å²) in [5, 5.41) is 8.37. The molecule has 0 aliphatic carbocycles. The van der Waals surface area contributed by atoms with Gasteiger partial charge < -0.3 is 14.1 Å². The fourth-order valence-electron chi connectivity index (χ4n) is 3.49. The van der Waals surface area contributed by atoms with Crippen LogP contribution in [0.25, 0.3) is 11.5 Å². The normalized spacial score (nSPS) is 12.4. The van der Waals surface area contributed by atoms with Gasteiger partial charge >= 0.3 is 0 Å². The minimum Gasteiger partial charge on any atom is -0.487 e. The van der Waals surface area contributed by atoms with Crippen LogP contribution in [0.15, 0.2) is 65.3 Å². The molecule has 0 atom stereocenters. The zero-order valence-corrected chi connectivity index (χ0v) is 15.9. The Morgan fingerprint density at radius 1 is 0.966 bits per heavy atom. The van der Waals surface area contributed by atoms with Crippen LogP contribution in [-0.2, 0) is 19.6 Å². The molecule has 0 unspecified atom stereocenters. The van der Waals surface area contributed by atoms with Gasteiger partial charge in [-0.25, -0.2) is 9.97 Å². The van der Waals surface area contributed by atoms with E-state index in [0.717, 1.165) is 34.0 Å². The average Bonchev–Trinajstić information content (AvgIpc) is 3.14. The van der Waals surface area contributed by atoms with Crippen molar-refractivity contribution < 1.29 is 9.15 Å². The molecule has 7 nitrogen and oxygen atoms in total. The molecule has 2 aromatic heterocycles. The number of hydrogen-bond donors (Lipinski definition) is 0. The number of para-hydroxylation sites is 1. The second-order valence-electron chi connectivity index (χ2n) is 6.92. The molecule has 0 amide bonds. The molecule has 4 aromatic rings. The van der Waals surface area contributed by atoms with E-state index in [4.69, 9.17) is 9.15 Å². The summed E-state index contributed by atoms with van der Waals surface area (Å²) < 4.78 is 11.8. The molecule has 1 aliphatic rings. The molecule has 1 aliphatic heterocycles. The molecular weight excluding hydrogens is 366 g/mol. The van der Waals surface area contributed by atoms with Gasteiger partial charge in [-0.3, -0.25) is 0 Å². The van der Waals surface area contributed by atoms with E-state index in [1.54, 1.807) is 6.33 Å². The first kappa shape index (κ1) is 17.4. The summed E-state index contributed by atoms with van der Waals surface area (Å²) in [6.07, 6.45) is 2.29. The van der Waals surface area contributed by atoms with Gasteiger partial charge in [0, 0.05) is 24.6 Å². The van der Waals surface area contributed by atoms with Gasteiger partial charge in [0.25, 0.3) is 0 Å². The highest BCUT2D eigenvalue weighted by Gasteiger charge is 2.21. The van der Waals surface area contributed by atoms with Gasteiger partial charge in [-0.15, -0.1) is 10.2 Å². The van der Waals surface area contributed by atoms with E-state index in [9.17, 15) is 0 Å². The highest BCUT2D eigenvalue weighted by atomic mass is 16.5. The Morgan fingerprint density at radius 2 is 1.79 bits per heavy atom. The molecule has 5 rings (SSSR count). The van der Waals surface area contributed by atoms with Crippen LogP contribution >= 0.6 is 0 Å². The smallest absolute Gasteiger partial charge is 0.247 e. The summed E-state index contributed by atoms with van der Waals surface area (Å²) in [5.74, 6) is 2.78. The van der Waals surface area contributed by atoms with E-state index in [2.05, 4.69) is 26.2 Å². The first-order chi connectivity index (χ1) is 14.3. The Hall–Kier alpha value is -3.74. The Bertz CT molecular complexity index is 1140. The molecule has 0 saturated heterocycles. The minimum absolute atomic E-state index is 0.425. The van der Waals surface area contributed by atoms with Crippen LogP contribution in [0.5, 0.6) is 5.75 Å². The average molecular weight is 385 g/mol. The lowest BCUT2D eigenvalue weighted by atomic mass is 10.0. The maximum atomic E-state index is 5.93. The topological polar surface area (TPSA) is 77.2 Å². The summed E-state index contributed by atoms with van der Waals surface area (Å²) in [6.45, 7) is 0.875. The molecule has 3 heterocycles. The van der Waals surface area contributed by atoms with Crippen LogP contribution in [0.1, 0.15) is 22.7 Å². The maximum absolute atomic E-state index is 5.93. The maximum Gasteiger partial charge on any atom is 0.247 e. The van der Waals surface area contributed by atoms with Crippen molar-refractivity contribution >= 4 is 5.82 Å². The van der Waals surface area contributed by atoms with Gasteiger partial charge in [-0.1, -0.05) is 36.4 Å². The van der Waals surface area contributed by atoms with Crippen LogP contribution in [0.4, 0.5) is 5.82 Å². The monoisotopic (exact) mass is 385 g/mol. The summed E-state index contributed by atoms with van der Waals surface area (Å²) in [5.41, 5.74) is 3.98. The van der Waals surface area contributed by atoms with Crippen molar-refractivity contribution in [2.45, 2.75) is 19.6 Å². The second-order valence-corrected chi connectivity index (χ2v) is 6.92. The number of rotatable bonds is 4. The number of nitrogens with zero attached hydrogens (tertiary/aromatic N) is 5. The third-order valence-corrected chi connectivity index (χ3v) is 4.94. The fourth-order valence-corrected chi connectivity index (χ4v) is 3.49. The molecule has 0 bridgehead atoms. The molecule has 144 valence electrons. The Morgan fingerprint density at radius 3 is 2.69 bits per heavy atom. The van der Waals surface area contributed by atoms with Crippen LogP contribution in [0.2, 0.25) is 0 Å². The first-order valence-corrected chi connectivity index (χ1v) is 9.40. The third kappa shape index (κ3) is 3.42. The van der Waals surface area contributed by atoms with Crippen LogP contribution in [0, 0.1) is 0 Å². The zero-order chi connectivity index (χ0) is 19.6. The van der Waals surface area contributed by atoms with Crippen molar-refractivity contribution in [2.75, 3.05) is 11.9 Å². The molecule has 0 fully saturated rings. The van der Waals surface area contributed by atoms with E-state index in [0.29, 0.717) is 31.4 Å². The summed E-state index contributed by atoms with van der Waals surface area (Å²) >= 11 is 0. The Balaban J connectivity index is 1.42. The highest BCUT2D eigenvalue weighted by molar-refractivity contribution is 5.54. The van der Waals surface area contributed by atoms with Gasteiger partial charge in [-0.05, 0) is 23.8 Å². The molecule has 7 heteroatoms. The van der Waals surface area contributed by atoms with Gasteiger partial charge in [0.2, 0.25) is 11.8 Å². The number of anilines is 1. The van der Waals surface area contributed by atoms with Crippen LogP contribution in [-0.4, -0.2) is 27.2 Å². The van der Waals surface area contributed by atoms with E-state index in [1.165, 1.54) is 0 Å². The lowest BCUT2D eigenvalue weighted by Gasteiger charge is -2.20. The van der Waals surface area contributed by atoms with Crippen molar-refractivity contribution in [3.8, 4) is 17.2 Å². The Labute approximate surface area is 168 Å². The van der Waals surface area contributed by atoms with Gasteiger partial charge in [0.1, 0.15) is 24.5 Å². The molecular formula is C22H19N5O2. The van der Waals surface area contributed by atoms with Crippen LogP contribution < -0.4 is 9.64 Å². The molecule has 0 N–H and O–H groups in total. The fraction of sp³-hybridized carbons (Fsp3) is 0.182. The van der Waals surface area contributed by atoms with Crippen molar-refractivity contribution in [3.63, 3.8) is 0 Å². The van der Waals surface area contributed by atoms with E-state index in [1.807, 2.05) is 60.5 Å². The number of benzene rings is 2. The standard InChI is InChI=1S/C22H19N5O2/c1-27(12-20-25-26-22(29-20)15-7-3-2-4-8-15)21-17-11-16-9-5-6-10-19(16)28-13-18(17)23-14-24-21/h2-10,14H,11-13H2,1H3.